The standard InChI is InChI=1S/C17H16ClN3O/c1-11-3-5-12(6-4-11)17-14(9-16(22)19-2)21-10-13(18)7-8-15(21)20-17/h3-8,10H,9H2,1-2H3,(H,19,22). The van der Waals surface area contributed by atoms with E-state index in [1.807, 2.05) is 41.7 Å². The van der Waals surface area contributed by atoms with E-state index in [4.69, 9.17) is 11.6 Å². The molecule has 3 aromatic rings. The van der Waals surface area contributed by atoms with Crippen LogP contribution in [0.1, 0.15) is 11.3 Å². The quantitative estimate of drug-likeness (QED) is 0.807. The highest BCUT2D eigenvalue weighted by molar-refractivity contribution is 6.30. The number of aryl methyl sites for hydroxylation is 1. The van der Waals surface area contributed by atoms with Crippen LogP contribution in [0.2, 0.25) is 5.02 Å². The van der Waals surface area contributed by atoms with E-state index in [-0.39, 0.29) is 12.3 Å². The van der Waals surface area contributed by atoms with Crippen LogP contribution in [-0.4, -0.2) is 22.3 Å². The maximum atomic E-state index is 11.9. The summed E-state index contributed by atoms with van der Waals surface area (Å²) in [6.45, 7) is 2.04. The van der Waals surface area contributed by atoms with Crippen LogP contribution < -0.4 is 5.32 Å². The highest BCUT2D eigenvalue weighted by Crippen LogP contribution is 2.26. The van der Waals surface area contributed by atoms with Gasteiger partial charge in [-0.25, -0.2) is 4.98 Å². The van der Waals surface area contributed by atoms with Crippen LogP contribution in [0.5, 0.6) is 0 Å². The van der Waals surface area contributed by atoms with Gasteiger partial charge in [-0.3, -0.25) is 4.79 Å². The van der Waals surface area contributed by atoms with Crippen LogP contribution in [0.3, 0.4) is 0 Å². The monoisotopic (exact) mass is 313 g/mol. The van der Waals surface area contributed by atoms with Gasteiger partial charge in [0.05, 0.1) is 22.8 Å². The molecule has 2 aromatic heterocycles. The lowest BCUT2D eigenvalue weighted by Crippen LogP contribution is -2.21. The van der Waals surface area contributed by atoms with Gasteiger partial charge < -0.3 is 9.72 Å². The van der Waals surface area contributed by atoms with Crippen LogP contribution in [0.15, 0.2) is 42.6 Å². The van der Waals surface area contributed by atoms with Crippen molar-refractivity contribution in [2.75, 3.05) is 7.05 Å². The second kappa shape index (κ2) is 5.81. The molecule has 0 radical (unpaired) electrons. The average molecular weight is 314 g/mol. The van der Waals surface area contributed by atoms with E-state index in [1.165, 1.54) is 5.56 Å². The van der Waals surface area contributed by atoms with E-state index in [1.54, 1.807) is 19.3 Å². The third kappa shape index (κ3) is 2.70. The van der Waals surface area contributed by atoms with Crippen molar-refractivity contribution in [3.05, 3.63) is 58.9 Å². The smallest absolute Gasteiger partial charge is 0.225 e. The molecule has 0 aliphatic rings. The Hall–Kier alpha value is -2.33. The summed E-state index contributed by atoms with van der Waals surface area (Å²) in [5.74, 6) is -0.0601. The number of hydrogen-bond acceptors (Lipinski definition) is 2. The summed E-state index contributed by atoms with van der Waals surface area (Å²) in [5, 5.41) is 3.27. The third-order valence-electron chi connectivity index (χ3n) is 3.61. The average Bonchev–Trinajstić information content (AvgIpc) is 2.86. The summed E-state index contributed by atoms with van der Waals surface area (Å²) in [6, 6.07) is 11.8. The van der Waals surface area contributed by atoms with Crippen LogP contribution in [0, 0.1) is 6.92 Å². The first kappa shape index (κ1) is 14.6. The zero-order valence-electron chi connectivity index (χ0n) is 12.4. The zero-order valence-corrected chi connectivity index (χ0v) is 13.2. The molecule has 22 heavy (non-hydrogen) atoms. The Kier molecular flexibility index (Phi) is 3.86. The van der Waals surface area contributed by atoms with Crippen LogP contribution in [0.4, 0.5) is 0 Å². The predicted molar refractivity (Wildman–Crippen MR) is 88.1 cm³/mol. The van der Waals surface area contributed by atoms with Crippen molar-refractivity contribution in [1.29, 1.82) is 0 Å². The van der Waals surface area contributed by atoms with Gasteiger partial charge in [0, 0.05) is 18.8 Å². The lowest BCUT2D eigenvalue weighted by molar-refractivity contribution is -0.120. The minimum atomic E-state index is -0.0601. The minimum Gasteiger partial charge on any atom is -0.359 e. The van der Waals surface area contributed by atoms with Gasteiger partial charge in [0.15, 0.2) is 0 Å². The maximum absolute atomic E-state index is 11.9. The summed E-state index contributed by atoms with van der Waals surface area (Å²) in [5.41, 5.74) is 4.60. The Morgan fingerprint density at radius 2 is 1.95 bits per heavy atom. The number of imidazole rings is 1. The van der Waals surface area contributed by atoms with Crippen LogP contribution in [0.25, 0.3) is 16.9 Å². The Morgan fingerprint density at radius 3 is 2.64 bits per heavy atom. The molecular weight excluding hydrogens is 298 g/mol. The van der Waals surface area contributed by atoms with Crippen molar-refractivity contribution < 1.29 is 4.79 Å². The molecule has 0 aliphatic carbocycles. The van der Waals surface area contributed by atoms with Crippen molar-refractivity contribution in [3.8, 4) is 11.3 Å². The Morgan fingerprint density at radius 1 is 1.23 bits per heavy atom. The Balaban J connectivity index is 2.21. The van der Waals surface area contributed by atoms with Crippen LogP contribution in [-0.2, 0) is 11.2 Å². The van der Waals surface area contributed by atoms with E-state index in [0.717, 1.165) is 22.6 Å². The first-order chi connectivity index (χ1) is 10.6. The summed E-state index contributed by atoms with van der Waals surface area (Å²) in [6.07, 6.45) is 2.04. The molecule has 2 heterocycles. The number of nitrogens with zero attached hydrogens (tertiary/aromatic N) is 2. The summed E-state index contributed by atoms with van der Waals surface area (Å²) in [7, 11) is 1.63. The summed E-state index contributed by atoms with van der Waals surface area (Å²) >= 11 is 6.09. The molecule has 0 fully saturated rings. The van der Waals surface area contributed by atoms with Gasteiger partial charge in [-0.1, -0.05) is 41.4 Å². The van der Waals surface area contributed by atoms with Crippen LogP contribution >= 0.6 is 11.6 Å². The molecule has 0 saturated heterocycles. The van der Waals surface area contributed by atoms with E-state index in [2.05, 4.69) is 10.3 Å². The molecular formula is C17H16ClN3O. The number of rotatable bonds is 3. The largest absolute Gasteiger partial charge is 0.359 e. The predicted octanol–water partition coefficient (Wildman–Crippen LogP) is 3.25. The molecule has 0 atom stereocenters. The fourth-order valence-corrected chi connectivity index (χ4v) is 2.58. The molecule has 0 bridgehead atoms. The Labute approximate surface area is 133 Å². The molecule has 4 nitrogen and oxygen atoms in total. The highest BCUT2D eigenvalue weighted by atomic mass is 35.5. The molecule has 5 heteroatoms. The van der Waals surface area contributed by atoms with E-state index < -0.39 is 0 Å². The number of nitrogens with one attached hydrogen (secondary N) is 1. The summed E-state index contributed by atoms with van der Waals surface area (Å²) in [4.78, 5) is 16.5. The number of pyridine rings is 1. The van der Waals surface area contributed by atoms with Crippen molar-refractivity contribution >= 4 is 23.2 Å². The molecule has 0 aliphatic heterocycles. The molecule has 0 spiro atoms. The molecule has 1 N–H and O–H groups in total. The second-order valence-electron chi connectivity index (χ2n) is 5.20. The van der Waals surface area contributed by atoms with Gasteiger partial charge in [0.1, 0.15) is 5.65 Å². The lowest BCUT2D eigenvalue weighted by atomic mass is 10.1. The molecule has 112 valence electrons. The van der Waals surface area contributed by atoms with Crippen molar-refractivity contribution in [1.82, 2.24) is 14.7 Å². The van der Waals surface area contributed by atoms with E-state index in [9.17, 15) is 4.79 Å². The Bertz CT molecular complexity index is 837. The fraction of sp³-hybridized carbons (Fsp3) is 0.176. The van der Waals surface area contributed by atoms with E-state index in [0.29, 0.717) is 5.02 Å². The van der Waals surface area contributed by atoms with Gasteiger partial charge in [-0.2, -0.15) is 0 Å². The highest BCUT2D eigenvalue weighted by Gasteiger charge is 2.16. The topological polar surface area (TPSA) is 46.4 Å². The SMILES string of the molecule is CNC(=O)Cc1c(-c2ccc(C)cc2)nc2ccc(Cl)cn12. The first-order valence-electron chi connectivity index (χ1n) is 7.02. The molecule has 1 aromatic carbocycles. The van der Waals surface area contributed by atoms with Gasteiger partial charge in [0.2, 0.25) is 5.91 Å². The van der Waals surface area contributed by atoms with Crippen molar-refractivity contribution in [2.24, 2.45) is 0 Å². The zero-order chi connectivity index (χ0) is 15.7. The normalized spacial score (nSPS) is 10.9. The third-order valence-corrected chi connectivity index (χ3v) is 3.84. The van der Waals surface area contributed by atoms with Crippen molar-refractivity contribution in [3.63, 3.8) is 0 Å². The van der Waals surface area contributed by atoms with Crippen molar-refractivity contribution in [2.45, 2.75) is 13.3 Å². The number of fused-ring (bicyclic) bond motifs is 1. The number of halogens is 1. The summed E-state index contributed by atoms with van der Waals surface area (Å²) < 4.78 is 1.88. The molecule has 0 saturated carbocycles. The number of carbonyl (C=O) groups excluding carboxylic acids is 1. The first-order valence-corrected chi connectivity index (χ1v) is 7.40. The molecule has 1 amide bonds. The number of likely N-dealkylation sites (N-methyl/N-ethyl adjacent to an activating group) is 1. The number of amides is 1. The fourth-order valence-electron chi connectivity index (χ4n) is 2.42. The number of carbonyl (C=O) groups is 1. The van der Waals surface area contributed by atoms with Gasteiger partial charge in [0.25, 0.3) is 0 Å². The lowest BCUT2D eigenvalue weighted by Gasteiger charge is -2.05. The second-order valence-corrected chi connectivity index (χ2v) is 5.64. The maximum Gasteiger partial charge on any atom is 0.225 e. The number of aromatic nitrogens is 2. The minimum absolute atomic E-state index is 0.0601. The van der Waals surface area contributed by atoms with Gasteiger partial charge in [-0.05, 0) is 19.1 Å². The van der Waals surface area contributed by atoms with Gasteiger partial charge in [-0.15, -0.1) is 0 Å². The van der Waals surface area contributed by atoms with E-state index >= 15 is 0 Å². The molecule has 3 rings (SSSR count). The molecule has 0 unspecified atom stereocenters. The van der Waals surface area contributed by atoms with Gasteiger partial charge >= 0.3 is 0 Å². The number of benzene rings is 1. The number of hydrogen-bond donors (Lipinski definition) is 1.